The topological polar surface area (TPSA) is 99.4 Å². The lowest BCUT2D eigenvalue weighted by Gasteiger charge is -2.24. The molecule has 2 aromatic carbocycles. The number of aromatic nitrogens is 5. The van der Waals surface area contributed by atoms with Gasteiger partial charge in [0.25, 0.3) is 0 Å². The van der Waals surface area contributed by atoms with E-state index >= 15 is 0 Å². The summed E-state index contributed by atoms with van der Waals surface area (Å²) >= 11 is 0. The molecule has 0 radical (unpaired) electrons. The third kappa shape index (κ3) is 3.91. The van der Waals surface area contributed by atoms with Crippen LogP contribution in [0.15, 0.2) is 79.1 Å². The number of pyridine rings is 2. The summed E-state index contributed by atoms with van der Waals surface area (Å²) in [5.41, 5.74) is 8.15. The van der Waals surface area contributed by atoms with E-state index in [1.54, 1.807) is 24.5 Å². The maximum Gasteiger partial charge on any atom is 0.227 e. The molecule has 0 bridgehead atoms. The van der Waals surface area contributed by atoms with E-state index in [2.05, 4.69) is 31.5 Å². The van der Waals surface area contributed by atoms with E-state index in [9.17, 15) is 9.18 Å². The fourth-order valence-corrected chi connectivity index (χ4v) is 4.97. The highest BCUT2D eigenvalue weighted by Crippen LogP contribution is 2.34. The molecule has 1 saturated carbocycles. The quantitative estimate of drug-likeness (QED) is 0.244. The van der Waals surface area contributed by atoms with Crippen LogP contribution in [0.3, 0.4) is 0 Å². The Morgan fingerprint density at radius 1 is 0.947 bits per heavy atom. The lowest BCUT2D eigenvalue weighted by Crippen LogP contribution is -2.28. The molecule has 0 saturated heterocycles. The van der Waals surface area contributed by atoms with Crippen LogP contribution in [0.5, 0.6) is 0 Å². The number of hydrogen-bond acceptors (Lipinski definition) is 4. The van der Waals surface area contributed by atoms with E-state index in [-0.39, 0.29) is 17.6 Å². The first-order chi connectivity index (χ1) is 18.6. The molecule has 1 aliphatic rings. The molecule has 0 atom stereocenters. The Morgan fingerprint density at radius 2 is 1.82 bits per heavy atom. The average Bonchev–Trinajstić information content (AvgIpc) is 3.52. The molecule has 7 rings (SSSR count). The minimum Gasteiger partial charge on any atom is -0.353 e. The summed E-state index contributed by atoms with van der Waals surface area (Å²) in [6.07, 6.45) is 6.40. The fraction of sp³-hybridized carbons (Fsp3) is 0.133. The highest BCUT2D eigenvalue weighted by molar-refractivity contribution is 6.00. The zero-order chi connectivity index (χ0) is 25.6. The van der Waals surface area contributed by atoms with Gasteiger partial charge >= 0.3 is 0 Å². The van der Waals surface area contributed by atoms with Gasteiger partial charge in [0.05, 0.1) is 28.8 Å². The normalized spacial score (nSPS) is 13.6. The number of benzene rings is 2. The van der Waals surface area contributed by atoms with E-state index < -0.39 is 0 Å². The first-order valence-corrected chi connectivity index (χ1v) is 12.6. The van der Waals surface area contributed by atoms with Crippen molar-refractivity contribution in [3.63, 3.8) is 0 Å². The van der Waals surface area contributed by atoms with Crippen LogP contribution in [0, 0.1) is 11.7 Å². The van der Waals surface area contributed by atoms with Crippen molar-refractivity contribution in [3.8, 4) is 33.8 Å². The van der Waals surface area contributed by atoms with Gasteiger partial charge in [0.2, 0.25) is 5.91 Å². The summed E-state index contributed by atoms with van der Waals surface area (Å²) in [5.74, 6) is -0.113. The molecule has 4 aromatic heterocycles. The maximum absolute atomic E-state index is 13.5. The van der Waals surface area contributed by atoms with Crippen molar-refractivity contribution in [2.45, 2.75) is 19.3 Å². The largest absolute Gasteiger partial charge is 0.353 e. The Labute approximate surface area is 217 Å². The van der Waals surface area contributed by atoms with Gasteiger partial charge in [-0.15, -0.1) is 0 Å². The van der Waals surface area contributed by atoms with Crippen molar-refractivity contribution in [2.24, 2.45) is 5.92 Å². The molecule has 38 heavy (non-hydrogen) atoms. The molecule has 1 aliphatic carbocycles. The lowest BCUT2D eigenvalue weighted by atomic mass is 9.85. The van der Waals surface area contributed by atoms with Gasteiger partial charge in [0.1, 0.15) is 17.0 Å². The van der Waals surface area contributed by atoms with Crippen molar-refractivity contribution in [2.75, 3.05) is 5.32 Å². The Hall–Kier alpha value is -4.85. The zero-order valence-corrected chi connectivity index (χ0v) is 20.3. The van der Waals surface area contributed by atoms with Crippen LogP contribution < -0.4 is 5.32 Å². The number of H-pyrrole nitrogens is 2. The molecule has 7 nitrogen and oxygen atoms in total. The Balaban J connectivity index is 1.26. The van der Waals surface area contributed by atoms with Gasteiger partial charge in [-0.1, -0.05) is 30.7 Å². The number of aromatic amines is 2. The number of carbonyl (C=O) groups is 1. The molecule has 1 fully saturated rings. The minimum absolute atomic E-state index is 0.0505. The molecule has 4 heterocycles. The van der Waals surface area contributed by atoms with E-state index in [0.717, 1.165) is 69.3 Å². The van der Waals surface area contributed by atoms with Crippen LogP contribution in [0.4, 0.5) is 10.1 Å². The van der Waals surface area contributed by atoms with Crippen LogP contribution in [0.25, 0.3) is 55.7 Å². The summed E-state index contributed by atoms with van der Waals surface area (Å²) in [6, 6.07) is 20.3. The van der Waals surface area contributed by atoms with Crippen molar-refractivity contribution in [1.82, 2.24) is 25.1 Å². The molecule has 0 spiro atoms. The maximum atomic E-state index is 13.5. The summed E-state index contributed by atoms with van der Waals surface area (Å²) in [5, 5.41) is 11.6. The third-order valence-corrected chi connectivity index (χ3v) is 7.26. The highest BCUT2D eigenvalue weighted by Gasteiger charge is 2.25. The second kappa shape index (κ2) is 8.92. The second-order valence-corrected chi connectivity index (χ2v) is 9.70. The lowest BCUT2D eigenvalue weighted by molar-refractivity contribution is -0.122. The van der Waals surface area contributed by atoms with E-state index in [4.69, 9.17) is 4.98 Å². The Bertz CT molecular complexity index is 1820. The average molecular weight is 503 g/mol. The molecular weight excluding hydrogens is 479 g/mol. The van der Waals surface area contributed by atoms with E-state index in [1.165, 1.54) is 12.1 Å². The Morgan fingerprint density at radius 3 is 2.63 bits per heavy atom. The SMILES string of the molecule is O=C(Nc1cncc(-c2ccc3[nH]nc(-c4cc5c(-c6ccc(F)cc6)cccc5[nH]4)c3n2)c1)C1CCC1. The van der Waals surface area contributed by atoms with Crippen LogP contribution in [0.2, 0.25) is 0 Å². The predicted molar refractivity (Wildman–Crippen MR) is 146 cm³/mol. The molecule has 0 unspecified atom stereocenters. The molecule has 8 heteroatoms. The minimum atomic E-state index is -0.262. The van der Waals surface area contributed by atoms with Crippen molar-refractivity contribution >= 4 is 33.5 Å². The molecule has 0 aliphatic heterocycles. The first kappa shape index (κ1) is 22.4. The highest BCUT2D eigenvalue weighted by atomic mass is 19.1. The monoisotopic (exact) mass is 502 g/mol. The number of rotatable bonds is 5. The first-order valence-electron chi connectivity index (χ1n) is 12.6. The van der Waals surface area contributed by atoms with Crippen molar-refractivity contribution in [3.05, 3.63) is 84.9 Å². The summed E-state index contributed by atoms with van der Waals surface area (Å²) in [6.45, 7) is 0. The number of anilines is 1. The number of nitrogens with one attached hydrogen (secondary N) is 3. The van der Waals surface area contributed by atoms with Gasteiger partial charge in [0, 0.05) is 28.6 Å². The zero-order valence-electron chi connectivity index (χ0n) is 20.3. The van der Waals surface area contributed by atoms with Crippen molar-refractivity contribution < 1.29 is 9.18 Å². The fourth-order valence-electron chi connectivity index (χ4n) is 4.97. The van der Waals surface area contributed by atoms with Crippen LogP contribution in [-0.2, 0) is 4.79 Å². The summed E-state index contributed by atoms with van der Waals surface area (Å²) in [4.78, 5) is 25.1. The van der Waals surface area contributed by atoms with Gasteiger partial charge in [-0.3, -0.25) is 14.9 Å². The number of fused-ring (bicyclic) bond motifs is 2. The van der Waals surface area contributed by atoms with E-state index in [1.807, 2.05) is 36.4 Å². The number of nitrogens with zero attached hydrogens (tertiary/aromatic N) is 3. The van der Waals surface area contributed by atoms with Gasteiger partial charge < -0.3 is 10.3 Å². The standard InChI is InChI=1S/C30H23FN6O/c31-20-9-7-17(8-10-20)22-5-2-6-25-23(22)14-27(34-25)29-28-26(36-37-29)12-11-24(35-28)19-13-21(16-32-15-19)33-30(38)18-3-1-4-18/h2,5-16,18,34H,1,3-4H2,(H,33,38)(H,36,37). The molecule has 186 valence electrons. The van der Waals surface area contributed by atoms with Crippen LogP contribution in [0.1, 0.15) is 19.3 Å². The third-order valence-electron chi connectivity index (χ3n) is 7.26. The van der Waals surface area contributed by atoms with Gasteiger partial charge in [0.15, 0.2) is 0 Å². The van der Waals surface area contributed by atoms with Crippen molar-refractivity contribution in [1.29, 1.82) is 0 Å². The van der Waals surface area contributed by atoms with Gasteiger partial charge in [-0.2, -0.15) is 5.10 Å². The predicted octanol–water partition coefficient (Wildman–Crippen LogP) is 6.71. The number of carbonyl (C=O) groups excluding carboxylic acids is 1. The molecule has 1 amide bonds. The van der Waals surface area contributed by atoms with Crippen LogP contribution in [-0.4, -0.2) is 31.1 Å². The number of amides is 1. The number of halogens is 1. The van der Waals surface area contributed by atoms with Crippen LogP contribution >= 0.6 is 0 Å². The number of hydrogen-bond donors (Lipinski definition) is 3. The molecule has 3 N–H and O–H groups in total. The van der Waals surface area contributed by atoms with E-state index in [0.29, 0.717) is 11.4 Å². The summed E-state index contributed by atoms with van der Waals surface area (Å²) < 4.78 is 13.5. The van der Waals surface area contributed by atoms with Gasteiger partial charge in [-0.05, 0) is 66.4 Å². The molecule has 6 aromatic rings. The molecular formula is C30H23FN6O. The smallest absolute Gasteiger partial charge is 0.227 e. The summed E-state index contributed by atoms with van der Waals surface area (Å²) in [7, 11) is 0. The Kier molecular flexibility index (Phi) is 5.25. The van der Waals surface area contributed by atoms with Gasteiger partial charge in [-0.25, -0.2) is 9.37 Å². The second-order valence-electron chi connectivity index (χ2n) is 9.70.